The number of hydrogen-bond acceptors (Lipinski definition) is 6. The molecular weight excluding hydrogens is 336 g/mol. The first kappa shape index (κ1) is 17.4. The number of carbonyl (C=O) groups excluding carboxylic acids is 1. The van der Waals surface area contributed by atoms with Gasteiger partial charge in [0.15, 0.2) is 11.7 Å². The molecule has 130 valence electrons. The molecule has 1 saturated heterocycles. The van der Waals surface area contributed by atoms with Crippen molar-refractivity contribution in [3.05, 3.63) is 40.9 Å². The number of carbonyl (C=O) groups is 1. The summed E-state index contributed by atoms with van der Waals surface area (Å²) >= 11 is 1.42. The van der Waals surface area contributed by atoms with Gasteiger partial charge >= 0.3 is 0 Å². The summed E-state index contributed by atoms with van der Waals surface area (Å²) in [6, 6.07) is 8.89. The second-order valence-electron chi connectivity index (χ2n) is 5.93. The van der Waals surface area contributed by atoms with Crippen molar-refractivity contribution in [2.45, 2.75) is 25.8 Å². The number of thiazole rings is 1. The molecule has 25 heavy (non-hydrogen) atoms. The van der Waals surface area contributed by atoms with Crippen molar-refractivity contribution in [1.29, 1.82) is 5.26 Å². The van der Waals surface area contributed by atoms with Crippen LogP contribution in [0.1, 0.15) is 30.5 Å². The van der Waals surface area contributed by atoms with E-state index in [-0.39, 0.29) is 12.5 Å². The van der Waals surface area contributed by atoms with Crippen molar-refractivity contribution in [3.8, 4) is 11.8 Å². The lowest BCUT2D eigenvalue weighted by atomic mass is 10.1. The van der Waals surface area contributed by atoms with Crippen LogP contribution in [0, 0.1) is 11.3 Å². The Morgan fingerprint density at radius 2 is 2.12 bits per heavy atom. The average Bonchev–Trinajstić information content (AvgIpc) is 3.07. The van der Waals surface area contributed by atoms with Crippen molar-refractivity contribution >= 4 is 22.4 Å². The predicted molar refractivity (Wildman–Crippen MR) is 96.5 cm³/mol. The number of benzene rings is 1. The van der Waals surface area contributed by atoms with Gasteiger partial charge in [-0.1, -0.05) is 18.6 Å². The third kappa shape index (κ3) is 5.02. The monoisotopic (exact) mass is 356 g/mol. The summed E-state index contributed by atoms with van der Waals surface area (Å²) in [4.78, 5) is 18.9. The smallest absolute Gasteiger partial charge is 0.264 e. The molecule has 0 spiro atoms. The highest BCUT2D eigenvalue weighted by Crippen LogP contribution is 2.19. The van der Waals surface area contributed by atoms with Crippen molar-refractivity contribution in [3.63, 3.8) is 0 Å². The number of ether oxygens (including phenoxy) is 1. The zero-order chi connectivity index (χ0) is 17.5. The highest BCUT2D eigenvalue weighted by molar-refractivity contribution is 7.13. The van der Waals surface area contributed by atoms with Crippen LogP contribution in [0.3, 0.4) is 0 Å². The van der Waals surface area contributed by atoms with Gasteiger partial charge in [0.2, 0.25) is 0 Å². The molecule has 0 unspecified atom stereocenters. The number of anilines is 1. The van der Waals surface area contributed by atoms with Crippen molar-refractivity contribution < 1.29 is 9.53 Å². The molecule has 2 aromatic rings. The molecule has 1 aromatic carbocycles. The van der Waals surface area contributed by atoms with E-state index in [2.05, 4.69) is 15.2 Å². The number of nitrogens with zero attached hydrogens (tertiary/aromatic N) is 3. The van der Waals surface area contributed by atoms with Crippen LogP contribution in [0.4, 0.5) is 5.13 Å². The van der Waals surface area contributed by atoms with Crippen molar-refractivity contribution in [2.75, 3.05) is 25.0 Å². The molecule has 1 fully saturated rings. The van der Waals surface area contributed by atoms with Gasteiger partial charge in [0.1, 0.15) is 11.8 Å². The minimum absolute atomic E-state index is 0.153. The Morgan fingerprint density at radius 3 is 2.92 bits per heavy atom. The van der Waals surface area contributed by atoms with Crippen molar-refractivity contribution in [2.24, 2.45) is 0 Å². The van der Waals surface area contributed by atoms with Gasteiger partial charge in [-0.25, -0.2) is 4.98 Å². The molecule has 1 amide bonds. The molecule has 7 heteroatoms. The van der Waals surface area contributed by atoms with Crippen LogP contribution in [-0.4, -0.2) is 35.5 Å². The number of nitriles is 1. The zero-order valence-electron chi connectivity index (χ0n) is 13.9. The molecule has 0 atom stereocenters. The maximum atomic E-state index is 12.0. The predicted octanol–water partition coefficient (Wildman–Crippen LogP) is 3.02. The number of likely N-dealkylation sites (tertiary alicyclic amines) is 1. The van der Waals surface area contributed by atoms with E-state index >= 15 is 0 Å². The fourth-order valence-electron chi connectivity index (χ4n) is 2.77. The van der Waals surface area contributed by atoms with Crippen LogP contribution in [-0.2, 0) is 11.3 Å². The second-order valence-corrected chi connectivity index (χ2v) is 6.78. The van der Waals surface area contributed by atoms with Crippen LogP contribution in [0.5, 0.6) is 5.75 Å². The normalized spacial score (nSPS) is 14.7. The maximum absolute atomic E-state index is 12.0. The minimum Gasteiger partial charge on any atom is -0.482 e. The third-order valence-corrected chi connectivity index (χ3v) is 4.81. The summed E-state index contributed by atoms with van der Waals surface area (Å²) in [5, 5.41) is 14.3. The molecular formula is C18H20N4O2S. The van der Waals surface area contributed by atoms with E-state index in [1.807, 2.05) is 11.4 Å². The number of hydrogen-bond donors (Lipinski definition) is 1. The largest absolute Gasteiger partial charge is 0.482 e. The quantitative estimate of drug-likeness (QED) is 0.861. The Kier molecular flexibility index (Phi) is 5.99. The fraction of sp³-hybridized carbons (Fsp3) is 0.389. The maximum Gasteiger partial charge on any atom is 0.264 e. The molecule has 6 nitrogen and oxygen atoms in total. The number of para-hydroxylation sites is 1. The SMILES string of the molecule is N#Cc1ccccc1OCC(=O)Nc1nc(CN2CCCCC2)cs1. The van der Waals surface area contributed by atoms with E-state index in [1.54, 1.807) is 24.3 Å². The van der Waals surface area contributed by atoms with E-state index in [0.717, 1.165) is 25.3 Å². The third-order valence-electron chi connectivity index (χ3n) is 4.00. The van der Waals surface area contributed by atoms with Gasteiger partial charge in [-0.3, -0.25) is 15.0 Å². The molecule has 0 saturated carbocycles. The lowest BCUT2D eigenvalue weighted by Crippen LogP contribution is -2.29. The number of aromatic nitrogens is 1. The van der Waals surface area contributed by atoms with Gasteiger partial charge < -0.3 is 4.74 Å². The summed E-state index contributed by atoms with van der Waals surface area (Å²) in [5.41, 5.74) is 1.39. The second kappa shape index (κ2) is 8.60. The summed E-state index contributed by atoms with van der Waals surface area (Å²) in [7, 11) is 0. The molecule has 1 aliphatic rings. The average molecular weight is 356 g/mol. The number of rotatable bonds is 6. The van der Waals surface area contributed by atoms with Gasteiger partial charge in [0, 0.05) is 11.9 Å². The van der Waals surface area contributed by atoms with Gasteiger partial charge in [-0.2, -0.15) is 5.26 Å². The number of amides is 1. The molecule has 0 radical (unpaired) electrons. The van der Waals surface area contributed by atoms with E-state index in [4.69, 9.17) is 10.00 Å². The summed E-state index contributed by atoms with van der Waals surface area (Å²) in [5.74, 6) is 0.122. The van der Waals surface area contributed by atoms with Crippen LogP contribution in [0.15, 0.2) is 29.6 Å². The fourth-order valence-corrected chi connectivity index (χ4v) is 3.48. The summed E-state index contributed by atoms with van der Waals surface area (Å²) in [6.07, 6.45) is 3.80. The highest BCUT2D eigenvalue weighted by atomic mass is 32.1. The number of piperidine rings is 1. The molecule has 0 bridgehead atoms. The van der Waals surface area contributed by atoms with Crippen LogP contribution >= 0.6 is 11.3 Å². The molecule has 1 aliphatic heterocycles. The molecule has 1 aromatic heterocycles. The Morgan fingerprint density at radius 1 is 1.32 bits per heavy atom. The van der Waals surface area contributed by atoms with E-state index < -0.39 is 0 Å². The van der Waals surface area contributed by atoms with Crippen LogP contribution < -0.4 is 10.1 Å². The van der Waals surface area contributed by atoms with Crippen LogP contribution in [0.2, 0.25) is 0 Å². The van der Waals surface area contributed by atoms with Gasteiger partial charge in [0.25, 0.3) is 5.91 Å². The summed E-state index contributed by atoms with van der Waals surface area (Å²) in [6.45, 7) is 2.91. The Labute approximate surface area is 151 Å². The Balaban J connectivity index is 1.49. The topological polar surface area (TPSA) is 78.2 Å². The first-order valence-electron chi connectivity index (χ1n) is 8.33. The van der Waals surface area contributed by atoms with Gasteiger partial charge in [0.05, 0.1) is 11.3 Å². The minimum atomic E-state index is -0.286. The lowest BCUT2D eigenvalue weighted by molar-refractivity contribution is -0.118. The Hall–Kier alpha value is -2.43. The highest BCUT2D eigenvalue weighted by Gasteiger charge is 2.13. The van der Waals surface area contributed by atoms with Gasteiger partial charge in [-0.05, 0) is 38.1 Å². The molecule has 2 heterocycles. The van der Waals surface area contributed by atoms with E-state index in [9.17, 15) is 4.79 Å². The van der Waals surface area contributed by atoms with E-state index in [0.29, 0.717) is 16.4 Å². The van der Waals surface area contributed by atoms with Crippen LogP contribution in [0.25, 0.3) is 0 Å². The van der Waals surface area contributed by atoms with Crippen molar-refractivity contribution in [1.82, 2.24) is 9.88 Å². The zero-order valence-corrected chi connectivity index (χ0v) is 14.7. The standard InChI is InChI=1S/C18H20N4O2S/c19-10-14-6-2-3-7-16(14)24-12-17(23)21-18-20-15(13-25-18)11-22-8-4-1-5-9-22/h2-3,6-7,13H,1,4-5,8-9,11-12H2,(H,20,21,23). The first-order valence-corrected chi connectivity index (χ1v) is 9.21. The Bertz CT molecular complexity index is 762. The lowest BCUT2D eigenvalue weighted by Gasteiger charge is -2.25. The molecule has 0 aliphatic carbocycles. The summed E-state index contributed by atoms with van der Waals surface area (Å²) < 4.78 is 5.42. The first-order chi connectivity index (χ1) is 12.2. The molecule has 3 rings (SSSR count). The molecule has 1 N–H and O–H groups in total. The van der Waals surface area contributed by atoms with Gasteiger partial charge in [-0.15, -0.1) is 11.3 Å². The van der Waals surface area contributed by atoms with E-state index in [1.165, 1.54) is 30.6 Å². The number of nitrogens with one attached hydrogen (secondary N) is 1.